The van der Waals surface area contributed by atoms with Crippen molar-refractivity contribution in [2.75, 3.05) is 14.1 Å². The fourth-order valence-electron chi connectivity index (χ4n) is 1.81. The standard InChI is InChI=1S/C12H21NO4/c1-6-7-9(2)13(4,5)12(3,11(16)17)8-10(14)15/h6,9H,1,7-8H2,2-5H3,(H-,14,15,16,17)/p+1. The van der Waals surface area contributed by atoms with Crippen molar-refractivity contribution in [2.45, 2.75) is 38.3 Å². The molecule has 0 aromatic rings. The van der Waals surface area contributed by atoms with Gasteiger partial charge in [-0.15, -0.1) is 6.58 Å². The maximum atomic E-state index is 11.4. The summed E-state index contributed by atoms with van der Waals surface area (Å²) < 4.78 is 0.0979. The molecule has 0 fully saturated rings. The number of aliphatic carboxylic acids is 2. The quantitative estimate of drug-likeness (QED) is 0.523. The van der Waals surface area contributed by atoms with E-state index >= 15 is 0 Å². The van der Waals surface area contributed by atoms with E-state index in [9.17, 15) is 14.7 Å². The Morgan fingerprint density at radius 3 is 2.18 bits per heavy atom. The van der Waals surface area contributed by atoms with Gasteiger partial charge in [-0.25, -0.2) is 4.79 Å². The van der Waals surface area contributed by atoms with Gasteiger partial charge < -0.3 is 14.7 Å². The Morgan fingerprint density at radius 1 is 1.41 bits per heavy atom. The molecule has 0 radical (unpaired) electrons. The first-order valence-electron chi connectivity index (χ1n) is 5.49. The summed E-state index contributed by atoms with van der Waals surface area (Å²) in [7, 11) is 3.48. The number of rotatable bonds is 7. The van der Waals surface area contributed by atoms with Crippen molar-refractivity contribution in [1.29, 1.82) is 0 Å². The molecule has 98 valence electrons. The highest BCUT2D eigenvalue weighted by atomic mass is 16.4. The highest BCUT2D eigenvalue weighted by Crippen LogP contribution is 2.29. The van der Waals surface area contributed by atoms with Crippen LogP contribution in [0.1, 0.15) is 26.7 Å². The first-order valence-corrected chi connectivity index (χ1v) is 5.49. The first kappa shape index (κ1) is 15.6. The number of likely N-dealkylation sites (N-methyl/N-ethyl adjacent to an activating group) is 1. The smallest absolute Gasteiger partial charge is 0.366 e. The summed E-state index contributed by atoms with van der Waals surface area (Å²) in [5.74, 6) is -2.20. The summed E-state index contributed by atoms with van der Waals surface area (Å²) >= 11 is 0. The van der Waals surface area contributed by atoms with E-state index in [2.05, 4.69) is 6.58 Å². The molecule has 2 N–H and O–H groups in total. The maximum absolute atomic E-state index is 11.4. The Bertz CT molecular complexity index is 324. The molecule has 2 unspecified atom stereocenters. The van der Waals surface area contributed by atoms with Gasteiger partial charge >= 0.3 is 11.9 Å². The minimum Gasteiger partial charge on any atom is -0.481 e. The van der Waals surface area contributed by atoms with Gasteiger partial charge in [0.15, 0.2) is 0 Å². The average Bonchev–Trinajstić information content (AvgIpc) is 2.16. The van der Waals surface area contributed by atoms with E-state index in [-0.39, 0.29) is 10.5 Å². The monoisotopic (exact) mass is 244 g/mol. The number of carbonyl (C=O) groups is 2. The van der Waals surface area contributed by atoms with Crippen LogP contribution in [0.2, 0.25) is 0 Å². The minimum atomic E-state index is -1.35. The lowest BCUT2D eigenvalue weighted by Crippen LogP contribution is -2.66. The third-order valence-electron chi connectivity index (χ3n) is 3.84. The molecule has 2 atom stereocenters. The Balaban J connectivity index is 5.36. The van der Waals surface area contributed by atoms with Gasteiger partial charge in [-0.05, 0) is 6.92 Å². The minimum absolute atomic E-state index is 0.0204. The van der Waals surface area contributed by atoms with Crippen LogP contribution in [0.25, 0.3) is 0 Å². The predicted octanol–water partition coefficient (Wildman–Crippen LogP) is 1.35. The van der Waals surface area contributed by atoms with E-state index in [1.807, 2.05) is 6.92 Å². The molecule has 0 heterocycles. The summed E-state index contributed by atoms with van der Waals surface area (Å²) in [5, 5.41) is 18.2. The zero-order valence-corrected chi connectivity index (χ0v) is 10.9. The second-order valence-electron chi connectivity index (χ2n) is 5.06. The first-order chi connectivity index (χ1) is 7.59. The lowest BCUT2D eigenvalue weighted by atomic mass is 9.90. The van der Waals surface area contributed by atoms with Crippen molar-refractivity contribution in [3.05, 3.63) is 12.7 Å². The molecule has 0 aliphatic rings. The van der Waals surface area contributed by atoms with Crippen molar-refractivity contribution < 1.29 is 24.3 Å². The molecular formula is C12H22NO4+. The Hall–Kier alpha value is -1.36. The van der Waals surface area contributed by atoms with E-state index in [1.165, 1.54) is 6.92 Å². The van der Waals surface area contributed by atoms with Gasteiger partial charge in [0.2, 0.25) is 5.54 Å². The van der Waals surface area contributed by atoms with Gasteiger partial charge in [0, 0.05) is 13.3 Å². The summed E-state index contributed by atoms with van der Waals surface area (Å²) in [5.41, 5.74) is -1.35. The lowest BCUT2D eigenvalue weighted by molar-refractivity contribution is -0.950. The van der Waals surface area contributed by atoms with Gasteiger partial charge in [0.05, 0.1) is 20.1 Å². The van der Waals surface area contributed by atoms with E-state index in [0.717, 1.165) is 0 Å². The zero-order valence-electron chi connectivity index (χ0n) is 10.9. The average molecular weight is 244 g/mol. The number of quaternary nitrogens is 1. The molecule has 0 aromatic carbocycles. The van der Waals surface area contributed by atoms with E-state index < -0.39 is 23.9 Å². The molecule has 0 aromatic heterocycles. The Kier molecular flexibility index (Phi) is 4.89. The number of hydrogen-bond acceptors (Lipinski definition) is 2. The molecule has 0 spiro atoms. The third kappa shape index (κ3) is 3.06. The maximum Gasteiger partial charge on any atom is 0.366 e. The van der Waals surface area contributed by atoms with Crippen LogP contribution in [0, 0.1) is 0 Å². The second-order valence-corrected chi connectivity index (χ2v) is 5.06. The van der Waals surface area contributed by atoms with Gasteiger partial charge in [0.1, 0.15) is 6.42 Å². The summed E-state index contributed by atoms with van der Waals surface area (Å²) in [4.78, 5) is 22.3. The van der Waals surface area contributed by atoms with Gasteiger partial charge in [0.25, 0.3) is 0 Å². The van der Waals surface area contributed by atoms with Crippen molar-refractivity contribution >= 4 is 11.9 Å². The largest absolute Gasteiger partial charge is 0.481 e. The molecule has 0 aliphatic heterocycles. The molecule has 5 heteroatoms. The second kappa shape index (κ2) is 5.31. The lowest BCUT2D eigenvalue weighted by Gasteiger charge is -2.47. The highest BCUT2D eigenvalue weighted by Gasteiger charge is 2.52. The molecular weight excluding hydrogens is 222 g/mol. The highest BCUT2D eigenvalue weighted by molar-refractivity contribution is 5.83. The van der Waals surface area contributed by atoms with Crippen LogP contribution < -0.4 is 0 Å². The fraction of sp³-hybridized carbons (Fsp3) is 0.667. The summed E-state index contributed by atoms with van der Waals surface area (Å²) in [6.45, 7) is 7.00. The van der Waals surface area contributed by atoms with Gasteiger partial charge in [-0.2, -0.15) is 0 Å². The van der Waals surface area contributed by atoms with E-state index in [0.29, 0.717) is 6.42 Å². The van der Waals surface area contributed by atoms with Crippen molar-refractivity contribution in [2.24, 2.45) is 0 Å². The molecule has 0 saturated heterocycles. The van der Waals surface area contributed by atoms with Crippen LogP contribution in [0.3, 0.4) is 0 Å². The number of nitrogens with zero attached hydrogens (tertiary/aromatic N) is 1. The summed E-state index contributed by atoms with van der Waals surface area (Å²) in [6.07, 6.45) is 1.94. The Morgan fingerprint density at radius 2 is 1.88 bits per heavy atom. The molecule has 0 amide bonds. The number of carboxylic acid groups (broad SMARTS) is 2. The van der Waals surface area contributed by atoms with Crippen molar-refractivity contribution in [3.63, 3.8) is 0 Å². The van der Waals surface area contributed by atoms with Crippen molar-refractivity contribution in [1.82, 2.24) is 0 Å². The van der Waals surface area contributed by atoms with Crippen molar-refractivity contribution in [3.8, 4) is 0 Å². The number of hydrogen-bond donors (Lipinski definition) is 2. The zero-order chi connectivity index (χ0) is 13.9. The SMILES string of the molecule is C=CCC(C)[N+](C)(C)C(C)(CC(=O)O)C(=O)O. The van der Waals surface area contributed by atoms with E-state index in [4.69, 9.17) is 5.11 Å². The van der Waals surface area contributed by atoms with Crippen LogP contribution in [0.5, 0.6) is 0 Å². The molecule has 0 bridgehead atoms. The number of carboxylic acids is 2. The van der Waals surface area contributed by atoms with Crippen LogP contribution in [0.4, 0.5) is 0 Å². The fourth-order valence-corrected chi connectivity index (χ4v) is 1.81. The van der Waals surface area contributed by atoms with Crippen LogP contribution >= 0.6 is 0 Å². The normalized spacial score (nSPS) is 16.9. The molecule has 0 aliphatic carbocycles. The Labute approximate surface area is 102 Å². The van der Waals surface area contributed by atoms with Crippen LogP contribution in [-0.2, 0) is 9.59 Å². The summed E-state index contributed by atoms with van der Waals surface area (Å²) in [6, 6.07) is -0.0204. The third-order valence-corrected chi connectivity index (χ3v) is 3.84. The van der Waals surface area contributed by atoms with Crippen LogP contribution in [-0.4, -0.2) is 52.3 Å². The van der Waals surface area contributed by atoms with Gasteiger partial charge in [-0.3, -0.25) is 4.79 Å². The van der Waals surface area contributed by atoms with Crippen LogP contribution in [0.15, 0.2) is 12.7 Å². The molecule has 0 rings (SSSR count). The molecule has 0 saturated carbocycles. The predicted molar refractivity (Wildman–Crippen MR) is 64.7 cm³/mol. The van der Waals surface area contributed by atoms with E-state index in [1.54, 1.807) is 20.2 Å². The molecule has 5 nitrogen and oxygen atoms in total. The topological polar surface area (TPSA) is 74.6 Å². The molecule has 17 heavy (non-hydrogen) atoms. The van der Waals surface area contributed by atoms with Gasteiger partial charge in [-0.1, -0.05) is 6.08 Å².